The number of rotatable bonds is 7. The van der Waals surface area contributed by atoms with Crippen LogP contribution >= 0.6 is 23.4 Å². The van der Waals surface area contributed by atoms with Crippen LogP contribution in [0.15, 0.2) is 58.3 Å². The summed E-state index contributed by atoms with van der Waals surface area (Å²) >= 11 is 7.42. The molecule has 2 aromatic rings. The van der Waals surface area contributed by atoms with E-state index < -0.39 is 27.8 Å². The number of ether oxygens (including phenoxy) is 1. The molecule has 1 amide bonds. The van der Waals surface area contributed by atoms with Gasteiger partial charge in [-0.1, -0.05) is 11.6 Å². The van der Waals surface area contributed by atoms with Crippen LogP contribution in [0.1, 0.15) is 12.8 Å². The highest BCUT2D eigenvalue weighted by atomic mass is 35.5. The average molecular weight is 483 g/mol. The van der Waals surface area contributed by atoms with Crippen molar-refractivity contribution in [2.45, 2.75) is 22.6 Å². The second-order valence-corrected chi connectivity index (χ2v) is 10.3. The molecule has 0 unspecified atom stereocenters. The van der Waals surface area contributed by atoms with E-state index in [0.29, 0.717) is 23.6 Å². The molecular formula is C21H23ClN2O5S2. The van der Waals surface area contributed by atoms with E-state index in [1.54, 1.807) is 23.9 Å². The van der Waals surface area contributed by atoms with Gasteiger partial charge in [-0.3, -0.25) is 9.59 Å². The van der Waals surface area contributed by atoms with Gasteiger partial charge in [0.25, 0.3) is 5.91 Å². The van der Waals surface area contributed by atoms with Gasteiger partial charge in [0, 0.05) is 28.7 Å². The Morgan fingerprint density at radius 1 is 1.10 bits per heavy atom. The Morgan fingerprint density at radius 2 is 1.71 bits per heavy atom. The van der Waals surface area contributed by atoms with Gasteiger partial charge in [0.05, 0.1) is 10.8 Å². The predicted molar refractivity (Wildman–Crippen MR) is 121 cm³/mol. The smallest absolute Gasteiger partial charge is 0.309 e. The third-order valence-corrected chi connectivity index (χ3v) is 7.87. The highest BCUT2D eigenvalue weighted by molar-refractivity contribution is 7.98. The van der Waals surface area contributed by atoms with Crippen molar-refractivity contribution in [3.05, 3.63) is 53.6 Å². The monoisotopic (exact) mass is 482 g/mol. The SMILES string of the molecule is CSc1ccc(NC(=O)COC(=O)C2CCN(S(=O)(=O)c3ccc(Cl)cc3)CC2)cc1. The summed E-state index contributed by atoms with van der Waals surface area (Å²) in [7, 11) is -3.64. The largest absolute Gasteiger partial charge is 0.455 e. The van der Waals surface area contributed by atoms with Crippen molar-refractivity contribution in [2.24, 2.45) is 5.92 Å². The minimum absolute atomic E-state index is 0.167. The van der Waals surface area contributed by atoms with Gasteiger partial charge >= 0.3 is 5.97 Å². The van der Waals surface area contributed by atoms with Crippen molar-refractivity contribution in [1.82, 2.24) is 4.31 Å². The van der Waals surface area contributed by atoms with Crippen LogP contribution < -0.4 is 5.32 Å². The third-order valence-electron chi connectivity index (χ3n) is 4.96. The average Bonchev–Trinajstić information content (AvgIpc) is 2.78. The first-order valence-electron chi connectivity index (χ1n) is 9.66. The number of hydrogen-bond donors (Lipinski definition) is 1. The topological polar surface area (TPSA) is 92.8 Å². The molecule has 3 rings (SSSR count). The molecule has 1 N–H and O–H groups in total. The molecule has 166 valence electrons. The zero-order chi connectivity index (χ0) is 22.4. The molecule has 0 atom stereocenters. The fraction of sp³-hybridized carbons (Fsp3) is 0.333. The number of carbonyl (C=O) groups excluding carboxylic acids is 2. The van der Waals surface area contributed by atoms with E-state index in [1.807, 2.05) is 18.4 Å². The molecule has 31 heavy (non-hydrogen) atoms. The standard InChI is InChI=1S/C21H23ClN2O5S2/c1-30-18-6-4-17(5-7-18)23-20(25)14-29-21(26)15-10-12-24(13-11-15)31(27,28)19-8-2-16(22)3-9-19/h2-9,15H,10-14H2,1H3,(H,23,25). The third kappa shape index (κ3) is 6.22. The van der Waals surface area contributed by atoms with Gasteiger partial charge in [-0.25, -0.2) is 8.42 Å². The highest BCUT2D eigenvalue weighted by Gasteiger charge is 2.33. The van der Waals surface area contributed by atoms with Gasteiger partial charge in [-0.2, -0.15) is 4.31 Å². The number of carbonyl (C=O) groups is 2. The number of thioether (sulfide) groups is 1. The minimum atomic E-state index is -3.64. The van der Waals surface area contributed by atoms with Crippen LogP contribution in [0.4, 0.5) is 5.69 Å². The highest BCUT2D eigenvalue weighted by Crippen LogP contribution is 2.25. The van der Waals surface area contributed by atoms with Gasteiger partial charge in [-0.15, -0.1) is 11.8 Å². The Hall–Kier alpha value is -2.07. The minimum Gasteiger partial charge on any atom is -0.455 e. The van der Waals surface area contributed by atoms with Crippen molar-refractivity contribution < 1.29 is 22.7 Å². The Balaban J connectivity index is 1.46. The molecule has 2 aromatic carbocycles. The van der Waals surface area contributed by atoms with E-state index in [9.17, 15) is 18.0 Å². The molecule has 1 fully saturated rings. The molecule has 0 aliphatic carbocycles. The molecule has 1 aliphatic heterocycles. The zero-order valence-electron chi connectivity index (χ0n) is 16.9. The number of piperidine rings is 1. The van der Waals surface area contributed by atoms with Gasteiger partial charge in [0.2, 0.25) is 10.0 Å². The quantitative estimate of drug-likeness (QED) is 0.478. The summed E-state index contributed by atoms with van der Waals surface area (Å²) < 4.78 is 31.9. The summed E-state index contributed by atoms with van der Waals surface area (Å²) in [6.07, 6.45) is 2.64. The molecule has 0 saturated carbocycles. The van der Waals surface area contributed by atoms with E-state index in [-0.39, 0.29) is 24.6 Å². The molecule has 10 heteroatoms. The number of anilines is 1. The summed E-state index contributed by atoms with van der Waals surface area (Å²) in [5, 5.41) is 3.14. The van der Waals surface area contributed by atoms with E-state index in [2.05, 4.69) is 5.32 Å². The number of halogens is 1. The van der Waals surface area contributed by atoms with Crippen LogP contribution in [0.25, 0.3) is 0 Å². The lowest BCUT2D eigenvalue weighted by atomic mass is 9.98. The Morgan fingerprint density at radius 3 is 2.29 bits per heavy atom. The molecule has 0 spiro atoms. The van der Waals surface area contributed by atoms with Crippen molar-refractivity contribution >= 4 is 50.9 Å². The first kappa shape index (κ1) is 23.6. The van der Waals surface area contributed by atoms with E-state index in [0.717, 1.165) is 4.90 Å². The Kier molecular flexibility index (Phi) is 7.99. The van der Waals surface area contributed by atoms with E-state index in [4.69, 9.17) is 16.3 Å². The second kappa shape index (κ2) is 10.5. The van der Waals surface area contributed by atoms with Crippen molar-refractivity contribution in [2.75, 3.05) is 31.3 Å². The molecule has 0 aromatic heterocycles. The summed E-state index contributed by atoms with van der Waals surface area (Å²) in [5.41, 5.74) is 0.625. The first-order valence-corrected chi connectivity index (χ1v) is 12.7. The molecule has 0 radical (unpaired) electrons. The molecule has 1 aliphatic rings. The lowest BCUT2D eigenvalue weighted by Gasteiger charge is -2.30. The predicted octanol–water partition coefficient (Wildman–Crippen LogP) is 3.64. The maximum atomic E-state index is 12.7. The maximum Gasteiger partial charge on any atom is 0.309 e. The maximum absolute atomic E-state index is 12.7. The van der Waals surface area contributed by atoms with Crippen LogP contribution in [0.3, 0.4) is 0 Å². The van der Waals surface area contributed by atoms with Gasteiger partial charge in [0.15, 0.2) is 6.61 Å². The fourth-order valence-corrected chi connectivity index (χ4v) is 5.22. The lowest BCUT2D eigenvalue weighted by molar-refractivity contribution is -0.152. The van der Waals surface area contributed by atoms with Crippen molar-refractivity contribution in [3.63, 3.8) is 0 Å². The fourth-order valence-electron chi connectivity index (χ4n) is 3.21. The van der Waals surface area contributed by atoms with Crippen LogP contribution in [0, 0.1) is 5.92 Å². The van der Waals surface area contributed by atoms with Crippen LogP contribution in [0.2, 0.25) is 5.02 Å². The number of hydrogen-bond acceptors (Lipinski definition) is 6. The van der Waals surface area contributed by atoms with Crippen LogP contribution in [-0.2, 0) is 24.3 Å². The Labute approximate surface area is 191 Å². The van der Waals surface area contributed by atoms with Crippen molar-refractivity contribution in [1.29, 1.82) is 0 Å². The molecular weight excluding hydrogens is 460 g/mol. The summed E-state index contributed by atoms with van der Waals surface area (Å²) in [5.74, 6) is -1.35. The number of sulfonamides is 1. The van der Waals surface area contributed by atoms with E-state index >= 15 is 0 Å². The number of amides is 1. The van der Waals surface area contributed by atoms with Crippen LogP contribution in [-0.4, -0.2) is 50.6 Å². The van der Waals surface area contributed by atoms with Gasteiger partial charge in [-0.05, 0) is 67.6 Å². The number of benzene rings is 2. The summed E-state index contributed by atoms with van der Waals surface area (Å²) in [6, 6.07) is 13.3. The summed E-state index contributed by atoms with van der Waals surface area (Å²) in [4.78, 5) is 25.6. The molecule has 1 saturated heterocycles. The van der Waals surface area contributed by atoms with Gasteiger partial charge < -0.3 is 10.1 Å². The molecule has 1 heterocycles. The van der Waals surface area contributed by atoms with Crippen molar-refractivity contribution in [3.8, 4) is 0 Å². The zero-order valence-corrected chi connectivity index (χ0v) is 19.3. The molecule has 7 nitrogen and oxygen atoms in total. The normalized spacial score (nSPS) is 15.4. The Bertz CT molecular complexity index is 1020. The van der Waals surface area contributed by atoms with Gasteiger partial charge in [0.1, 0.15) is 0 Å². The van der Waals surface area contributed by atoms with Crippen LogP contribution in [0.5, 0.6) is 0 Å². The summed E-state index contributed by atoms with van der Waals surface area (Å²) in [6.45, 7) is 0.0316. The first-order chi connectivity index (χ1) is 14.8. The number of esters is 1. The van der Waals surface area contributed by atoms with E-state index in [1.165, 1.54) is 28.6 Å². The lowest BCUT2D eigenvalue weighted by Crippen LogP contribution is -2.40. The molecule has 0 bridgehead atoms. The number of nitrogens with zero attached hydrogens (tertiary/aromatic N) is 1. The number of nitrogens with one attached hydrogen (secondary N) is 1. The second-order valence-electron chi connectivity index (χ2n) is 7.02.